The largest absolute Gasteiger partial charge is 0.303 e. The van der Waals surface area contributed by atoms with E-state index in [1.54, 1.807) is 12.1 Å². The molecule has 0 aromatic heterocycles. The van der Waals surface area contributed by atoms with E-state index in [9.17, 15) is 8.42 Å². The van der Waals surface area contributed by atoms with E-state index in [1.165, 1.54) is 19.3 Å². The first kappa shape index (κ1) is 19.1. The molecule has 140 valence electrons. The summed E-state index contributed by atoms with van der Waals surface area (Å²) in [7, 11) is -3.55. The van der Waals surface area contributed by atoms with E-state index < -0.39 is 10.0 Å². The second-order valence-corrected chi connectivity index (χ2v) is 8.80. The molecule has 1 unspecified atom stereocenters. The summed E-state index contributed by atoms with van der Waals surface area (Å²) in [5, 5.41) is 0. The van der Waals surface area contributed by atoms with Crippen molar-refractivity contribution in [2.45, 2.75) is 43.5 Å². The molecule has 5 heteroatoms. The van der Waals surface area contributed by atoms with Gasteiger partial charge < -0.3 is 4.90 Å². The predicted octanol–water partition coefficient (Wildman–Crippen LogP) is 3.89. The number of likely N-dealkylation sites (tertiary alicyclic amines) is 1. The molecule has 0 bridgehead atoms. The third kappa shape index (κ3) is 5.16. The second kappa shape index (κ2) is 8.80. The zero-order chi connectivity index (χ0) is 18.4. The first-order chi connectivity index (χ1) is 12.5. The highest BCUT2D eigenvalue weighted by Crippen LogP contribution is 2.22. The second-order valence-electron chi connectivity index (χ2n) is 7.09. The summed E-state index contributed by atoms with van der Waals surface area (Å²) in [6.45, 7) is 5.10. The van der Waals surface area contributed by atoms with Gasteiger partial charge in [0.25, 0.3) is 0 Å². The molecule has 4 nitrogen and oxygen atoms in total. The minimum Gasteiger partial charge on any atom is -0.303 e. The van der Waals surface area contributed by atoms with E-state index in [2.05, 4.69) is 9.62 Å². The average molecular weight is 373 g/mol. The Hall–Kier alpha value is -1.69. The van der Waals surface area contributed by atoms with Crippen LogP contribution >= 0.6 is 0 Å². The molecule has 1 N–H and O–H groups in total. The molecule has 3 rings (SSSR count). The van der Waals surface area contributed by atoms with Crippen molar-refractivity contribution >= 4 is 10.0 Å². The predicted molar refractivity (Wildman–Crippen MR) is 106 cm³/mol. The van der Waals surface area contributed by atoms with E-state index in [0.29, 0.717) is 4.90 Å². The topological polar surface area (TPSA) is 49.4 Å². The maximum Gasteiger partial charge on any atom is 0.241 e. The highest BCUT2D eigenvalue weighted by Gasteiger charge is 2.22. The van der Waals surface area contributed by atoms with Gasteiger partial charge in [-0.15, -0.1) is 0 Å². The van der Waals surface area contributed by atoms with Gasteiger partial charge in [0.05, 0.1) is 4.90 Å². The summed E-state index contributed by atoms with van der Waals surface area (Å²) in [4.78, 5) is 2.77. The first-order valence-electron chi connectivity index (χ1n) is 9.41. The summed E-state index contributed by atoms with van der Waals surface area (Å²) in [6.07, 6.45) is 4.56. The molecule has 0 aliphatic carbocycles. The van der Waals surface area contributed by atoms with E-state index in [0.717, 1.165) is 37.2 Å². The lowest BCUT2D eigenvalue weighted by Crippen LogP contribution is -2.35. The van der Waals surface area contributed by atoms with Crippen LogP contribution in [0.1, 0.15) is 42.9 Å². The van der Waals surface area contributed by atoms with Gasteiger partial charge in [-0.3, -0.25) is 0 Å². The van der Waals surface area contributed by atoms with Crippen LogP contribution in [0, 0.1) is 6.92 Å². The maximum atomic E-state index is 12.9. The van der Waals surface area contributed by atoms with Crippen molar-refractivity contribution in [3.63, 3.8) is 0 Å². The monoisotopic (exact) mass is 372 g/mol. The molecule has 1 heterocycles. The Morgan fingerprint density at radius 3 is 2.27 bits per heavy atom. The Bertz CT molecular complexity index is 783. The fraction of sp³-hybridized carbons (Fsp3) is 0.429. The highest BCUT2D eigenvalue weighted by atomic mass is 32.2. The third-order valence-corrected chi connectivity index (χ3v) is 6.50. The van der Waals surface area contributed by atoms with Crippen LogP contribution in [0.5, 0.6) is 0 Å². The molecule has 0 spiro atoms. The van der Waals surface area contributed by atoms with Crippen LogP contribution < -0.4 is 4.72 Å². The van der Waals surface area contributed by atoms with Crippen molar-refractivity contribution in [1.29, 1.82) is 0 Å². The average Bonchev–Trinajstić information content (AvgIpc) is 2.67. The van der Waals surface area contributed by atoms with Crippen molar-refractivity contribution in [2.75, 3.05) is 19.6 Å². The van der Waals surface area contributed by atoms with Gasteiger partial charge in [-0.05, 0) is 63.5 Å². The summed E-state index contributed by atoms with van der Waals surface area (Å²) < 4.78 is 28.6. The summed E-state index contributed by atoms with van der Waals surface area (Å²) in [5.74, 6) is 0. The number of sulfonamides is 1. The van der Waals surface area contributed by atoms with Crippen LogP contribution in [0.15, 0.2) is 59.5 Å². The third-order valence-electron chi connectivity index (χ3n) is 5.01. The Balaban J connectivity index is 1.75. The first-order valence-corrected chi connectivity index (χ1v) is 10.9. The van der Waals surface area contributed by atoms with E-state index in [1.807, 2.05) is 49.4 Å². The Kier molecular flexibility index (Phi) is 6.46. The lowest BCUT2D eigenvalue weighted by atomic mass is 10.0. The SMILES string of the molecule is Cc1ccc(S(=O)(=O)NC(CCN2CCCCC2)c2ccccc2)cc1. The number of benzene rings is 2. The molecule has 26 heavy (non-hydrogen) atoms. The van der Waals surface area contributed by atoms with Gasteiger partial charge in [0, 0.05) is 6.04 Å². The van der Waals surface area contributed by atoms with Gasteiger partial charge in [0.1, 0.15) is 0 Å². The number of aryl methyl sites for hydroxylation is 1. The van der Waals surface area contributed by atoms with Gasteiger partial charge in [-0.2, -0.15) is 0 Å². The van der Waals surface area contributed by atoms with E-state index in [4.69, 9.17) is 0 Å². The lowest BCUT2D eigenvalue weighted by molar-refractivity contribution is 0.219. The standard InChI is InChI=1S/C21H28N2O2S/c1-18-10-12-20(13-11-18)26(24,25)22-21(19-8-4-2-5-9-19)14-17-23-15-6-3-7-16-23/h2,4-5,8-13,21-22H,3,6-7,14-17H2,1H3. The molecular weight excluding hydrogens is 344 g/mol. The van der Waals surface area contributed by atoms with Crippen molar-refractivity contribution < 1.29 is 8.42 Å². The molecule has 0 radical (unpaired) electrons. The quantitative estimate of drug-likeness (QED) is 0.802. The molecule has 1 fully saturated rings. The van der Waals surface area contributed by atoms with Gasteiger partial charge in [0.2, 0.25) is 10.0 Å². The Morgan fingerprint density at radius 2 is 1.62 bits per heavy atom. The molecule has 1 aliphatic rings. The molecular formula is C21H28N2O2S. The zero-order valence-electron chi connectivity index (χ0n) is 15.4. The fourth-order valence-electron chi connectivity index (χ4n) is 3.45. The van der Waals surface area contributed by atoms with Crippen molar-refractivity contribution in [3.8, 4) is 0 Å². The van der Waals surface area contributed by atoms with Gasteiger partial charge in [-0.25, -0.2) is 13.1 Å². The highest BCUT2D eigenvalue weighted by molar-refractivity contribution is 7.89. The van der Waals surface area contributed by atoms with Crippen molar-refractivity contribution in [1.82, 2.24) is 9.62 Å². The van der Waals surface area contributed by atoms with Gasteiger partial charge in [0.15, 0.2) is 0 Å². The van der Waals surface area contributed by atoms with Crippen molar-refractivity contribution in [2.24, 2.45) is 0 Å². The van der Waals surface area contributed by atoms with Crippen LogP contribution in [0.2, 0.25) is 0 Å². The molecule has 0 saturated carbocycles. The maximum absolute atomic E-state index is 12.9. The Morgan fingerprint density at radius 1 is 0.962 bits per heavy atom. The minimum absolute atomic E-state index is 0.218. The lowest BCUT2D eigenvalue weighted by Gasteiger charge is -2.28. The molecule has 1 aliphatic heterocycles. The van der Waals surface area contributed by atoms with Crippen LogP contribution in [0.4, 0.5) is 0 Å². The van der Waals surface area contributed by atoms with Crippen LogP contribution in [0.3, 0.4) is 0 Å². The van der Waals surface area contributed by atoms with E-state index in [-0.39, 0.29) is 6.04 Å². The number of hydrogen-bond donors (Lipinski definition) is 1. The zero-order valence-corrected chi connectivity index (χ0v) is 16.2. The van der Waals surface area contributed by atoms with Crippen LogP contribution in [-0.2, 0) is 10.0 Å². The number of nitrogens with one attached hydrogen (secondary N) is 1. The smallest absolute Gasteiger partial charge is 0.241 e. The minimum atomic E-state index is -3.55. The van der Waals surface area contributed by atoms with Crippen molar-refractivity contribution in [3.05, 3.63) is 65.7 Å². The number of rotatable bonds is 7. The molecule has 2 aromatic rings. The van der Waals surface area contributed by atoms with E-state index >= 15 is 0 Å². The Labute approximate surface area is 157 Å². The number of hydrogen-bond acceptors (Lipinski definition) is 3. The normalized spacial score (nSPS) is 17.1. The molecule has 0 amide bonds. The van der Waals surface area contributed by atoms with Crippen LogP contribution in [0.25, 0.3) is 0 Å². The van der Waals surface area contributed by atoms with Gasteiger partial charge >= 0.3 is 0 Å². The molecule has 2 aromatic carbocycles. The summed E-state index contributed by atoms with van der Waals surface area (Å²) in [5.41, 5.74) is 2.06. The number of nitrogens with zero attached hydrogens (tertiary/aromatic N) is 1. The molecule has 1 saturated heterocycles. The van der Waals surface area contributed by atoms with Gasteiger partial charge in [-0.1, -0.05) is 54.4 Å². The summed E-state index contributed by atoms with van der Waals surface area (Å²) in [6, 6.07) is 16.7. The molecule has 1 atom stereocenters. The van der Waals surface area contributed by atoms with Crippen LogP contribution in [-0.4, -0.2) is 33.0 Å². The fourth-order valence-corrected chi connectivity index (χ4v) is 4.71. The number of piperidine rings is 1. The summed E-state index contributed by atoms with van der Waals surface area (Å²) >= 11 is 0.